The molecule has 92 valence electrons. The molecule has 0 spiro atoms. The first-order valence-corrected chi connectivity index (χ1v) is 6.78. The minimum atomic E-state index is 0.717. The van der Waals surface area contributed by atoms with Gasteiger partial charge in [-0.25, -0.2) is 0 Å². The second-order valence-electron chi connectivity index (χ2n) is 5.66. The van der Waals surface area contributed by atoms with Gasteiger partial charge in [0.25, 0.3) is 0 Å². The molecule has 2 unspecified atom stereocenters. The Balaban J connectivity index is 1.78. The molecule has 0 amide bonds. The first-order valence-electron chi connectivity index (χ1n) is 6.78. The van der Waals surface area contributed by atoms with Crippen molar-refractivity contribution >= 4 is 5.69 Å². The van der Waals surface area contributed by atoms with E-state index in [4.69, 9.17) is 0 Å². The van der Waals surface area contributed by atoms with Gasteiger partial charge in [0.1, 0.15) is 0 Å². The molecule has 2 atom stereocenters. The third-order valence-electron chi connectivity index (χ3n) is 4.49. The molecule has 2 fully saturated rings. The fraction of sp³-hybridized carbons (Fsp3) is 0.600. The first-order chi connectivity index (χ1) is 8.24. The summed E-state index contributed by atoms with van der Waals surface area (Å²) >= 11 is 0. The standard InChI is InChI=1S/C15H22N2/c1-11-5-3-4-6-15(11)17(2)14-9-12-7-8-13(10-14)16-12/h3-6,12-14,16H,7-10H2,1-2H3. The van der Waals surface area contributed by atoms with Crippen LogP contribution >= 0.6 is 0 Å². The highest BCUT2D eigenvalue weighted by Crippen LogP contribution is 2.32. The average Bonchev–Trinajstić information content (AvgIpc) is 2.68. The summed E-state index contributed by atoms with van der Waals surface area (Å²) in [6, 6.07) is 11.0. The molecule has 0 aliphatic carbocycles. The van der Waals surface area contributed by atoms with Crippen LogP contribution in [0.4, 0.5) is 5.69 Å². The monoisotopic (exact) mass is 230 g/mol. The van der Waals surface area contributed by atoms with E-state index in [-0.39, 0.29) is 0 Å². The smallest absolute Gasteiger partial charge is 0.0395 e. The van der Waals surface area contributed by atoms with Crippen LogP contribution in [-0.2, 0) is 0 Å². The Morgan fingerprint density at radius 2 is 1.76 bits per heavy atom. The number of rotatable bonds is 2. The number of aryl methyl sites for hydroxylation is 1. The van der Waals surface area contributed by atoms with Crippen molar-refractivity contribution in [2.75, 3.05) is 11.9 Å². The van der Waals surface area contributed by atoms with Crippen molar-refractivity contribution in [2.24, 2.45) is 0 Å². The zero-order valence-corrected chi connectivity index (χ0v) is 10.8. The quantitative estimate of drug-likeness (QED) is 0.840. The van der Waals surface area contributed by atoms with Crippen molar-refractivity contribution < 1.29 is 0 Å². The van der Waals surface area contributed by atoms with E-state index in [1.165, 1.54) is 36.9 Å². The lowest BCUT2D eigenvalue weighted by Gasteiger charge is -2.37. The fourth-order valence-electron chi connectivity index (χ4n) is 3.50. The molecule has 1 aromatic rings. The topological polar surface area (TPSA) is 15.3 Å². The van der Waals surface area contributed by atoms with Gasteiger partial charge in [0, 0.05) is 30.9 Å². The normalized spacial score (nSPS) is 31.5. The van der Waals surface area contributed by atoms with Crippen LogP contribution in [0.3, 0.4) is 0 Å². The van der Waals surface area contributed by atoms with E-state index >= 15 is 0 Å². The maximum atomic E-state index is 3.71. The lowest BCUT2D eigenvalue weighted by molar-refractivity contribution is 0.354. The number of nitrogens with one attached hydrogen (secondary N) is 1. The summed E-state index contributed by atoms with van der Waals surface area (Å²) in [5, 5.41) is 3.71. The molecule has 0 aromatic heterocycles. The summed E-state index contributed by atoms with van der Waals surface area (Å²) in [6.07, 6.45) is 5.37. The number of benzene rings is 1. The lowest BCUT2D eigenvalue weighted by atomic mass is 9.97. The second kappa shape index (κ2) is 4.34. The van der Waals surface area contributed by atoms with Crippen LogP contribution in [0.1, 0.15) is 31.2 Å². The SMILES string of the molecule is Cc1ccccc1N(C)C1CC2CCC(C1)N2. The average molecular weight is 230 g/mol. The highest BCUT2D eigenvalue weighted by Gasteiger charge is 2.35. The van der Waals surface area contributed by atoms with Gasteiger partial charge in [-0.3, -0.25) is 0 Å². The zero-order chi connectivity index (χ0) is 11.8. The van der Waals surface area contributed by atoms with Crippen molar-refractivity contribution in [1.29, 1.82) is 0 Å². The van der Waals surface area contributed by atoms with Crippen molar-refractivity contribution in [1.82, 2.24) is 5.32 Å². The van der Waals surface area contributed by atoms with Crippen LogP contribution in [0, 0.1) is 6.92 Å². The van der Waals surface area contributed by atoms with E-state index in [2.05, 4.69) is 48.5 Å². The number of hydrogen-bond donors (Lipinski definition) is 1. The Bertz CT molecular complexity index is 390. The van der Waals surface area contributed by atoms with Crippen LogP contribution in [0.25, 0.3) is 0 Å². The molecular formula is C15H22N2. The Morgan fingerprint density at radius 1 is 1.12 bits per heavy atom. The van der Waals surface area contributed by atoms with E-state index in [1.807, 2.05) is 0 Å². The van der Waals surface area contributed by atoms with Crippen LogP contribution < -0.4 is 10.2 Å². The molecule has 2 bridgehead atoms. The van der Waals surface area contributed by atoms with Gasteiger partial charge in [0.05, 0.1) is 0 Å². The maximum absolute atomic E-state index is 3.71. The third-order valence-corrected chi connectivity index (χ3v) is 4.49. The molecular weight excluding hydrogens is 208 g/mol. The van der Waals surface area contributed by atoms with E-state index in [9.17, 15) is 0 Å². The van der Waals surface area contributed by atoms with Crippen molar-refractivity contribution in [3.8, 4) is 0 Å². The Kier molecular flexibility index (Phi) is 2.83. The molecule has 0 radical (unpaired) electrons. The van der Waals surface area contributed by atoms with Crippen LogP contribution in [-0.4, -0.2) is 25.2 Å². The minimum Gasteiger partial charge on any atom is -0.371 e. The lowest BCUT2D eigenvalue weighted by Crippen LogP contribution is -2.47. The predicted octanol–water partition coefficient (Wildman–Crippen LogP) is 2.71. The number of piperidine rings is 1. The summed E-state index contributed by atoms with van der Waals surface area (Å²) in [7, 11) is 2.26. The largest absolute Gasteiger partial charge is 0.371 e. The predicted molar refractivity (Wildman–Crippen MR) is 72.5 cm³/mol. The van der Waals surface area contributed by atoms with Gasteiger partial charge < -0.3 is 10.2 Å². The van der Waals surface area contributed by atoms with Crippen molar-refractivity contribution in [2.45, 2.75) is 50.7 Å². The van der Waals surface area contributed by atoms with Crippen LogP contribution in [0.15, 0.2) is 24.3 Å². The molecule has 2 aliphatic rings. The Hall–Kier alpha value is -1.02. The summed E-state index contributed by atoms with van der Waals surface area (Å²) < 4.78 is 0. The zero-order valence-electron chi connectivity index (χ0n) is 10.8. The highest BCUT2D eigenvalue weighted by molar-refractivity contribution is 5.53. The van der Waals surface area contributed by atoms with Gasteiger partial charge >= 0.3 is 0 Å². The number of fused-ring (bicyclic) bond motifs is 2. The highest BCUT2D eigenvalue weighted by atomic mass is 15.2. The van der Waals surface area contributed by atoms with Gasteiger partial charge in [-0.1, -0.05) is 18.2 Å². The van der Waals surface area contributed by atoms with Gasteiger partial charge in [-0.2, -0.15) is 0 Å². The molecule has 2 nitrogen and oxygen atoms in total. The summed E-state index contributed by atoms with van der Waals surface area (Å²) in [5.41, 5.74) is 2.79. The fourth-order valence-corrected chi connectivity index (χ4v) is 3.50. The summed E-state index contributed by atoms with van der Waals surface area (Å²) in [6.45, 7) is 2.21. The molecule has 1 aromatic carbocycles. The van der Waals surface area contributed by atoms with Gasteiger partial charge in [-0.15, -0.1) is 0 Å². The molecule has 17 heavy (non-hydrogen) atoms. The first kappa shape index (κ1) is 11.1. The molecule has 2 saturated heterocycles. The number of hydrogen-bond acceptors (Lipinski definition) is 2. The van der Waals surface area contributed by atoms with E-state index in [0.29, 0.717) is 0 Å². The van der Waals surface area contributed by atoms with Gasteiger partial charge in [0.2, 0.25) is 0 Å². The maximum Gasteiger partial charge on any atom is 0.0395 e. The molecule has 2 aliphatic heterocycles. The van der Waals surface area contributed by atoms with Gasteiger partial charge in [-0.05, 0) is 44.2 Å². The molecule has 1 N–H and O–H groups in total. The Morgan fingerprint density at radius 3 is 2.41 bits per heavy atom. The van der Waals surface area contributed by atoms with E-state index in [0.717, 1.165) is 18.1 Å². The van der Waals surface area contributed by atoms with Crippen molar-refractivity contribution in [3.05, 3.63) is 29.8 Å². The van der Waals surface area contributed by atoms with Crippen molar-refractivity contribution in [3.63, 3.8) is 0 Å². The number of para-hydroxylation sites is 1. The molecule has 0 saturated carbocycles. The minimum absolute atomic E-state index is 0.717. The van der Waals surface area contributed by atoms with Gasteiger partial charge in [0.15, 0.2) is 0 Å². The van der Waals surface area contributed by atoms with E-state index < -0.39 is 0 Å². The second-order valence-corrected chi connectivity index (χ2v) is 5.66. The number of anilines is 1. The molecule has 3 rings (SSSR count). The molecule has 2 heterocycles. The van der Waals surface area contributed by atoms with Crippen LogP contribution in [0.2, 0.25) is 0 Å². The molecule has 2 heteroatoms. The van der Waals surface area contributed by atoms with Crippen LogP contribution in [0.5, 0.6) is 0 Å². The third kappa shape index (κ3) is 2.06. The number of nitrogens with zero attached hydrogens (tertiary/aromatic N) is 1. The summed E-state index contributed by atoms with van der Waals surface area (Å²) in [5.74, 6) is 0. The Labute approximate surface area is 104 Å². The summed E-state index contributed by atoms with van der Waals surface area (Å²) in [4.78, 5) is 2.50. The van der Waals surface area contributed by atoms with E-state index in [1.54, 1.807) is 0 Å².